The van der Waals surface area contributed by atoms with Crippen LogP contribution in [0.25, 0.3) is 0 Å². The van der Waals surface area contributed by atoms with E-state index in [1.54, 1.807) is 17.0 Å². The number of benzene rings is 1. The fourth-order valence-corrected chi connectivity index (χ4v) is 6.25. The molecule has 1 aromatic rings. The molecule has 2 heterocycles. The fourth-order valence-electron chi connectivity index (χ4n) is 5.78. The highest BCUT2D eigenvalue weighted by Crippen LogP contribution is 2.42. The summed E-state index contributed by atoms with van der Waals surface area (Å²) in [6.45, 7) is 4.10. The van der Waals surface area contributed by atoms with E-state index in [4.69, 9.17) is 27.9 Å². The van der Waals surface area contributed by atoms with E-state index in [0.29, 0.717) is 28.8 Å². The standard InChI is InChI=1S/C25H30Cl2N4O4/c1-25(2)10-15(23(33)30-25)8-17(11-28)29-24(34)22-18-5-3-4-14(18)12-31(22)21(32)13-35-20-7-6-16(26)9-19(20)27/h6-7,9,14-15,17-18,22H,3-5,8,10,12-13H2,1-2H3,(H,29,34)(H,30,33)/t14-,15+,17-,18-,22?/m0/s1. The Kier molecular flexibility index (Phi) is 7.48. The molecule has 35 heavy (non-hydrogen) atoms. The summed E-state index contributed by atoms with van der Waals surface area (Å²) in [4.78, 5) is 40.4. The minimum Gasteiger partial charge on any atom is -0.482 e. The van der Waals surface area contributed by atoms with Crippen molar-refractivity contribution in [3.8, 4) is 11.8 Å². The predicted molar refractivity (Wildman–Crippen MR) is 131 cm³/mol. The van der Waals surface area contributed by atoms with Gasteiger partial charge in [0.25, 0.3) is 5.91 Å². The van der Waals surface area contributed by atoms with E-state index in [-0.39, 0.29) is 54.0 Å². The van der Waals surface area contributed by atoms with Crippen molar-refractivity contribution < 1.29 is 19.1 Å². The van der Waals surface area contributed by atoms with Crippen LogP contribution in [0.5, 0.6) is 5.75 Å². The quantitative estimate of drug-likeness (QED) is 0.572. The van der Waals surface area contributed by atoms with Gasteiger partial charge in [-0.15, -0.1) is 0 Å². The molecule has 1 aromatic carbocycles. The summed E-state index contributed by atoms with van der Waals surface area (Å²) in [5.41, 5.74) is -0.329. The smallest absolute Gasteiger partial charge is 0.261 e. The zero-order chi connectivity index (χ0) is 25.3. The van der Waals surface area contributed by atoms with Crippen molar-refractivity contribution in [2.75, 3.05) is 13.2 Å². The molecule has 0 bridgehead atoms. The molecule has 1 unspecified atom stereocenters. The Morgan fingerprint density at radius 1 is 1.34 bits per heavy atom. The molecule has 3 fully saturated rings. The van der Waals surface area contributed by atoms with Gasteiger partial charge in [0.1, 0.15) is 17.8 Å². The zero-order valence-corrected chi connectivity index (χ0v) is 21.4. The summed E-state index contributed by atoms with van der Waals surface area (Å²) in [7, 11) is 0. The zero-order valence-electron chi connectivity index (χ0n) is 19.9. The summed E-state index contributed by atoms with van der Waals surface area (Å²) in [5, 5.41) is 16.2. The van der Waals surface area contributed by atoms with Gasteiger partial charge in [0.05, 0.1) is 11.1 Å². The molecule has 0 radical (unpaired) electrons. The van der Waals surface area contributed by atoms with E-state index in [9.17, 15) is 19.6 Å². The molecule has 10 heteroatoms. The van der Waals surface area contributed by atoms with Gasteiger partial charge in [0.2, 0.25) is 11.8 Å². The topological polar surface area (TPSA) is 112 Å². The second kappa shape index (κ2) is 10.2. The first-order valence-electron chi connectivity index (χ1n) is 12.0. The number of nitriles is 1. The van der Waals surface area contributed by atoms with Crippen LogP contribution in [0.1, 0.15) is 46.0 Å². The van der Waals surface area contributed by atoms with Crippen LogP contribution in [-0.4, -0.2) is 53.4 Å². The lowest BCUT2D eigenvalue weighted by molar-refractivity contribution is -0.141. The Hall–Kier alpha value is -2.50. The first kappa shape index (κ1) is 25.6. The van der Waals surface area contributed by atoms with Gasteiger partial charge in [-0.1, -0.05) is 29.6 Å². The highest BCUT2D eigenvalue weighted by Gasteiger charge is 2.50. The SMILES string of the molecule is CC1(C)C[C@@H](C[C@@H](C#N)NC(=O)C2[C@H]3CCC[C@H]3CN2C(=O)COc2ccc(Cl)cc2Cl)C(=O)N1. The van der Waals surface area contributed by atoms with Crippen LogP contribution in [0.15, 0.2) is 18.2 Å². The molecule has 1 aliphatic carbocycles. The average Bonchev–Trinajstić information content (AvgIpc) is 3.44. The molecule has 4 rings (SSSR count). The maximum absolute atomic E-state index is 13.4. The first-order chi connectivity index (χ1) is 16.6. The number of fused-ring (bicyclic) bond motifs is 1. The Bertz CT molecular complexity index is 1060. The van der Waals surface area contributed by atoms with Crippen LogP contribution in [0.2, 0.25) is 10.0 Å². The number of hydrogen-bond donors (Lipinski definition) is 2. The Morgan fingerprint density at radius 2 is 2.11 bits per heavy atom. The summed E-state index contributed by atoms with van der Waals surface area (Å²) < 4.78 is 5.63. The number of carbonyl (C=O) groups excluding carboxylic acids is 3. The maximum atomic E-state index is 13.4. The van der Waals surface area contributed by atoms with Gasteiger partial charge in [0, 0.05) is 23.0 Å². The molecule has 0 spiro atoms. The van der Waals surface area contributed by atoms with Gasteiger partial charge < -0.3 is 20.3 Å². The third-order valence-corrected chi connectivity index (χ3v) is 7.84. The third kappa shape index (κ3) is 5.68. The minimum absolute atomic E-state index is 0.0473. The van der Waals surface area contributed by atoms with Gasteiger partial charge in [-0.3, -0.25) is 14.4 Å². The Morgan fingerprint density at radius 3 is 2.77 bits per heavy atom. The Labute approximate surface area is 215 Å². The number of rotatable bonds is 7. The highest BCUT2D eigenvalue weighted by molar-refractivity contribution is 6.35. The molecular formula is C25H30Cl2N4O4. The van der Waals surface area contributed by atoms with E-state index in [1.807, 2.05) is 13.8 Å². The predicted octanol–water partition coefficient (Wildman–Crippen LogP) is 3.31. The number of amides is 3. The average molecular weight is 521 g/mol. The molecule has 2 N–H and O–H groups in total. The number of likely N-dealkylation sites (tertiary alicyclic amines) is 1. The second-order valence-corrected chi connectivity index (χ2v) is 11.3. The van der Waals surface area contributed by atoms with Gasteiger partial charge in [0.15, 0.2) is 6.61 Å². The molecule has 3 amide bonds. The molecular weight excluding hydrogens is 491 g/mol. The van der Waals surface area contributed by atoms with Crippen molar-refractivity contribution in [3.63, 3.8) is 0 Å². The van der Waals surface area contributed by atoms with Crippen LogP contribution in [0, 0.1) is 29.1 Å². The van der Waals surface area contributed by atoms with Crippen molar-refractivity contribution in [1.82, 2.24) is 15.5 Å². The van der Waals surface area contributed by atoms with Crippen molar-refractivity contribution in [2.45, 2.75) is 63.6 Å². The fraction of sp³-hybridized carbons (Fsp3) is 0.600. The molecule has 3 aliphatic rings. The van der Waals surface area contributed by atoms with Crippen molar-refractivity contribution >= 4 is 40.9 Å². The molecule has 5 atom stereocenters. The van der Waals surface area contributed by atoms with E-state index in [2.05, 4.69) is 16.7 Å². The summed E-state index contributed by atoms with van der Waals surface area (Å²) >= 11 is 12.1. The number of ether oxygens (including phenoxy) is 1. The molecule has 1 saturated carbocycles. The largest absolute Gasteiger partial charge is 0.482 e. The van der Waals surface area contributed by atoms with Gasteiger partial charge >= 0.3 is 0 Å². The normalized spacial score (nSPS) is 27.6. The monoisotopic (exact) mass is 520 g/mol. The number of carbonyl (C=O) groups is 3. The van der Waals surface area contributed by atoms with E-state index >= 15 is 0 Å². The lowest BCUT2D eigenvalue weighted by atomic mass is 9.91. The van der Waals surface area contributed by atoms with Crippen molar-refractivity contribution in [2.24, 2.45) is 17.8 Å². The summed E-state index contributed by atoms with van der Waals surface area (Å²) in [6.07, 6.45) is 3.67. The van der Waals surface area contributed by atoms with Crippen LogP contribution in [-0.2, 0) is 14.4 Å². The molecule has 188 valence electrons. The maximum Gasteiger partial charge on any atom is 0.261 e. The van der Waals surface area contributed by atoms with Crippen LogP contribution < -0.4 is 15.4 Å². The first-order valence-corrected chi connectivity index (χ1v) is 12.7. The van der Waals surface area contributed by atoms with Crippen molar-refractivity contribution in [1.29, 1.82) is 5.26 Å². The van der Waals surface area contributed by atoms with E-state index in [1.165, 1.54) is 6.07 Å². The molecule has 0 aromatic heterocycles. The number of halogens is 2. The lowest BCUT2D eigenvalue weighted by Crippen LogP contribution is -2.52. The highest BCUT2D eigenvalue weighted by atomic mass is 35.5. The van der Waals surface area contributed by atoms with Gasteiger partial charge in [-0.2, -0.15) is 5.26 Å². The minimum atomic E-state index is -0.811. The summed E-state index contributed by atoms with van der Waals surface area (Å²) in [5.74, 6) is -0.462. The van der Waals surface area contributed by atoms with E-state index < -0.39 is 12.1 Å². The number of hydrogen-bond acceptors (Lipinski definition) is 5. The van der Waals surface area contributed by atoms with Gasteiger partial charge in [-0.25, -0.2) is 0 Å². The van der Waals surface area contributed by atoms with Crippen LogP contribution in [0.4, 0.5) is 0 Å². The number of nitrogens with one attached hydrogen (secondary N) is 2. The van der Waals surface area contributed by atoms with Crippen LogP contribution >= 0.6 is 23.2 Å². The molecule has 8 nitrogen and oxygen atoms in total. The van der Waals surface area contributed by atoms with Gasteiger partial charge in [-0.05, 0) is 69.6 Å². The Balaban J connectivity index is 1.42. The van der Waals surface area contributed by atoms with Crippen LogP contribution in [0.3, 0.4) is 0 Å². The number of nitrogens with zero attached hydrogens (tertiary/aromatic N) is 2. The third-order valence-electron chi connectivity index (χ3n) is 7.31. The lowest BCUT2D eigenvalue weighted by Gasteiger charge is -2.28. The second-order valence-electron chi connectivity index (χ2n) is 10.4. The molecule has 2 aliphatic heterocycles. The molecule has 2 saturated heterocycles. The summed E-state index contributed by atoms with van der Waals surface area (Å²) in [6, 6.07) is 5.41. The van der Waals surface area contributed by atoms with Crippen molar-refractivity contribution in [3.05, 3.63) is 28.2 Å². The van der Waals surface area contributed by atoms with E-state index in [0.717, 1.165) is 19.3 Å².